The molecule has 12 heteroatoms. The van der Waals surface area contributed by atoms with Crippen molar-refractivity contribution in [2.24, 2.45) is 0 Å². The first-order valence-electron chi connectivity index (χ1n) is 11.0. The molecule has 0 aromatic carbocycles. The summed E-state index contributed by atoms with van der Waals surface area (Å²) in [6.45, 7) is 3.15. The first-order chi connectivity index (χ1) is 16.2. The molecule has 0 radical (unpaired) electrons. The van der Waals surface area contributed by atoms with Crippen LogP contribution >= 0.6 is 23.1 Å². The summed E-state index contributed by atoms with van der Waals surface area (Å²) in [6.07, 6.45) is 6.70. The largest absolute Gasteiger partial charge is 0.477 e. The molecule has 3 heterocycles. The Morgan fingerprint density at radius 1 is 1.35 bits per heavy atom. The number of nitrogens with two attached hydrogens (primary N) is 1. The molecule has 1 aromatic rings. The van der Waals surface area contributed by atoms with E-state index in [1.54, 1.807) is 5.38 Å². The fraction of sp³-hybridized carbons (Fsp3) is 0.500. The van der Waals surface area contributed by atoms with Crippen LogP contribution in [0.1, 0.15) is 51.6 Å². The highest BCUT2D eigenvalue weighted by Gasteiger charge is 2.54. The zero-order chi connectivity index (χ0) is 24.8. The number of esters is 1. The average Bonchev–Trinajstić information content (AvgIpc) is 3.23. The summed E-state index contributed by atoms with van der Waals surface area (Å²) >= 11 is 2.54. The van der Waals surface area contributed by atoms with Crippen molar-refractivity contribution in [2.45, 2.75) is 57.4 Å². The molecule has 1 aromatic heterocycles. The van der Waals surface area contributed by atoms with Gasteiger partial charge in [-0.05, 0) is 12.8 Å². The van der Waals surface area contributed by atoms with E-state index in [1.165, 1.54) is 30.0 Å². The molecule has 1 saturated heterocycles. The molecule has 2 amide bonds. The van der Waals surface area contributed by atoms with Gasteiger partial charge in [-0.3, -0.25) is 19.3 Å². The Morgan fingerprint density at radius 2 is 2.12 bits per heavy atom. The molecule has 4 N–H and O–H groups in total. The number of rotatable bonds is 11. The first-order valence-corrected chi connectivity index (χ1v) is 12.9. The van der Waals surface area contributed by atoms with Gasteiger partial charge in [0, 0.05) is 23.6 Å². The summed E-state index contributed by atoms with van der Waals surface area (Å²) in [5, 5.41) is 13.9. The number of nitrogen functional groups attached to an aromatic ring is 1. The predicted octanol–water partition coefficient (Wildman–Crippen LogP) is 2.38. The Labute approximate surface area is 205 Å². The van der Waals surface area contributed by atoms with Gasteiger partial charge in [-0.2, -0.15) is 0 Å². The highest BCUT2D eigenvalue weighted by Crippen LogP contribution is 2.40. The third-order valence-electron chi connectivity index (χ3n) is 5.43. The van der Waals surface area contributed by atoms with Gasteiger partial charge in [-0.25, -0.2) is 9.78 Å². The van der Waals surface area contributed by atoms with Crippen LogP contribution in [0.3, 0.4) is 0 Å². The number of unbranched alkanes of at least 4 members (excludes halogenated alkanes) is 4. The standard InChI is InChI=1S/C22H28N4O6S2/c1-3-4-5-6-7-8-14(15-11-34-22(23)24-15)18(28)25-16-19(29)26-17(21(30)31)13(9-32-12(2)27)10-33-20(16)26/h8,11,16,20H,3-7,9-10H2,1-2H3,(H2,23,24)(H,25,28)(H,30,31)/t16?,20-/m1/s1. The van der Waals surface area contributed by atoms with E-state index in [-0.39, 0.29) is 18.1 Å². The summed E-state index contributed by atoms with van der Waals surface area (Å²) in [5.41, 5.74) is 6.69. The van der Waals surface area contributed by atoms with E-state index in [1.807, 2.05) is 6.08 Å². The number of carboxylic acids is 1. The van der Waals surface area contributed by atoms with Crippen LogP contribution in [0.2, 0.25) is 0 Å². The second-order valence-electron chi connectivity index (χ2n) is 7.94. The molecule has 34 heavy (non-hydrogen) atoms. The Balaban J connectivity index is 1.74. The number of anilines is 1. The number of aliphatic carboxylic acids is 1. The summed E-state index contributed by atoms with van der Waals surface area (Å²) in [7, 11) is 0. The van der Waals surface area contributed by atoms with E-state index < -0.39 is 35.2 Å². The van der Waals surface area contributed by atoms with Crippen LogP contribution in [0.15, 0.2) is 22.7 Å². The van der Waals surface area contributed by atoms with Crippen LogP contribution in [0.25, 0.3) is 5.57 Å². The number of hydrogen-bond donors (Lipinski definition) is 3. The van der Waals surface area contributed by atoms with Gasteiger partial charge in [0.2, 0.25) is 0 Å². The summed E-state index contributed by atoms with van der Waals surface area (Å²) in [5.74, 6) is -2.54. The second-order valence-corrected chi connectivity index (χ2v) is 9.93. The number of amides is 2. The van der Waals surface area contributed by atoms with Crippen molar-refractivity contribution in [3.05, 3.63) is 28.4 Å². The minimum absolute atomic E-state index is 0.195. The molecule has 0 spiro atoms. The van der Waals surface area contributed by atoms with Gasteiger partial charge in [0.05, 0.1) is 11.3 Å². The first kappa shape index (κ1) is 25.8. The lowest BCUT2D eigenvalue weighted by Crippen LogP contribution is -2.70. The zero-order valence-electron chi connectivity index (χ0n) is 19.0. The molecular formula is C22H28N4O6S2. The number of thiazole rings is 1. The SMILES string of the molecule is CCCCCCC=C(C(=O)NC1C(=O)N2C(C(=O)O)=C(COC(C)=O)CS[C@H]12)c1csc(N)n1. The van der Waals surface area contributed by atoms with E-state index >= 15 is 0 Å². The lowest BCUT2D eigenvalue weighted by Gasteiger charge is -2.49. The van der Waals surface area contributed by atoms with Gasteiger partial charge >= 0.3 is 11.9 Å². The number of nitrogens with one attached hydrogen (secondary N) is 1. The maximum Gasteiger partial charge on any atom is 0.352 e. The summed E-state index contributed by atoms with van der Waals surface area (Å²) < 4.78 is 4.94. The van der Waals surface area contributed by atoms with Crippen LogP contribution in [-0.2, 0) is 23.9 Å². The van der Waals surface area contributed by atoms with Gasteiger partial charge in [-0.1, -0.05) is 32.3 Å². The molecule has 3 rings (SSSR count). The Morgan fingerprint density at radius 3 is 2.74 bits per heavy atom. The topological polar surface area (TPSA) is 152 Å². The smallest absolute Gasteiger partial charge is 0.352 e. The van der Waals surface area contributed by atoms with Gasteiger partial charge in [0.15, 0.2) is 5.13 Å². The number of carbonyl (C=O) groups excluding carboxylic acids is 3. The maximum absolute atomic E-state index is 13.1. The second kappa shape index (κ2) is 11.5. The molecule has 10 nitrogen and oxygen atoms in total. The number of β-lactam (4-membered cyclic amide) rings is 1. The van der Waals surface area contributed by atoms with Crippen molar-refractivity contribution < 1.29 is 29.0 Å². The number of fused-ring (bicyclic) bond motifs is 1. The summed E-state index contributed by atoms with van der Waals surface area (Å²) in [4.78, 5) is 54.3. The number of carboxylic acid groups (broad SMARTS) is 1. The number of aromatic nitrogens is 1. The molecular weight excluding hydrogens is 480 g/mol. The van der Waals surface area contributed by atoms with Crippen LogP contribution < -0.4 is 11.1 Å². The Hall–Kier alpha value is -2.86. The van der Waals surface area contributed by atoms with Gasteiger partial charge in [0.1, 0.15) is 23.7 Å². The highest BCUT2D eigenvalue weighted by molar-refractivity contribution is 8.00. The molecule has 184 valence electrons. The molecule has 2 aliphatic heterocycles. The molecule has 2 aliphatic rings. The normalized spacial score (nSPS) is 20.0. The zero-order valence-corrected chi connectivity index (χ0v) is 20.7. The van der Waals surface area contributed by atoms with Crippen molar-refractivity contribution in [2.75, 3.05) is 18.1 Å². The number of nitrogens with zero attached hydrogens (tertiary/aromatic N) is 2. The van der Waals surface area contributed by atoms with Gasteiger partial charge in [-0.15, -0.1) is 23.1 Å². The number of ether oxygens (including phenoxy) is 1. The molecule has 1 unspecified atom stereocenters. The van der Waals surface area contributed by atoms with Crippen LogP contribution in [0, 0.1) is 0 Å². The van der Waals surface area contributed by atoms with Crippen molar-refractivity contribution in [3.63, 3.8) is 0 Å². The van der Waals surface area contributed by atoms with Crippen LogP contribution in [-0.4, -0.2) is 62.5 Å². The number of carbonyl (C=O) groups is 4. The van der Waals surface area contributed by atoms with E-state index in [0.717, 1.165) is 30.6 Å². The lowest BCUT2D eigenvalue weighted by molar-refractivity contribution is -0.150. The molecule has 0 saturated carbocycles. The van der Waals surface area contributed by atoms with Crippen LogP contribution in [0.4, 0.5) is 5.13 Å². The van der Waals surface area contributed by atoms with E-state index in [2.05, 4.69) is 17.2 Å². The monoisotopic (exact) mass is 508 g/mol. The average molecular weight is 509 g/mol. The number of thioether (sulfide) groups is 1. The third-order valence-corrected chi connectivity index (χ3v) is 7.45. The van der Waals surface area contributed by atoms with E-state index in [4.69, 9.17) is 10.5 Å². The molecule has 2 atom stereocenters. The quantitative estimate of drug-likeness (QED) is 0.177. The molecule has 0 bridgehead atoms. The van der Waals surface area contributed by atoms with Crippen molar-refractivity contribution in [3.8, 4) is 0 Å². The highest BCUT2D eigenvalue weighted by atomic mass is 32.2. The minimum Gasteiger partial charge on any atom is -0.477 e. The van der Waals surface area contributed by atoms with Gasteiger partial charge < -0.3 is 20.9 Å². The van der Waals surface area contributed by atoms with E-state index in [0.29, 0.717) is 28.4 Å². The number of allylic oxidation sites excluding steroid dienone is 1. The Bertz CT molecular complexity index is 1030. The van der Waals surface area contributed by atoms with Crippen LogP contribution in [0.5, 0.6) is 0 Å². The molecule has 1 fully saturated rings. The minimum atomic E-state index is -1.28. The van der Waals surface area contributed by atoms with Crippen molar-refractivity contribution in [1.82, 2.24) is 15.2 Å². The third kappa shape index (κ3) is 5.79. The van der Waals surface area contributed by atoms with Crippen molar-refractivity contribution >= 4 is 57.6 Å². The predicted molar refractivity (Wildman–Crippen MR) is 130 cm³/mol. The summed E-state index contributed by atoms with van der Waals surface area (Å²) in [6, 6.07) is -0.874. The fourth-order valence-corrected chi connectivity index (χ4v) is 5.63. The molecule has 0 aliphatic carbocycles. The maximum atomic E-state index is 13.1. The van der Waals surface area contributed by atoms with Gasteiger partial charge in [0.25, 0.3) is 11.8 Å². The Kier molecular flexibility index (Phi) is 8.72. The van der Waals surface area contributed by atoms with Crippen molar-refractivity contribution in [1.29, 1.82) is 0 Å². The fourth-order valence-electron chi connectivity index (χ4n) is 3.74. The number of hydrogen-bond acceptors (Lipinski definition) is 9. The van der Waals surface area contributed by atoms with E-state index in [9.17, 15) is 24.3 Å². The lowest BCUT2D eigenvalue weighted by atomic mass is 10.0.